The smallest absolute Gasteiger partial charge is 0.349 e. The number of nitrogens with zero attached hydrogens (tertiary/aromatic N) is 2. The molecule has 3 heterocycles. The molecule has 0 radical (unpaired) electrons. The summed E-state index contributed by atoms with van der Waals surface area (Å²) in [5, 5.41) is 0.463. The zero-order chi connectivity index (χ0) is 20.5. The first-order valence-corrected chi connectivity index (χ1v) is 10.3. The van der Waals surface area contributed by atoms with Gasteiger partial charge in [0.15, 0.2) is 12.4 Å². The topological polar surface area (TPSA) is 87.5 Å². The maximum absolute atomic E-state index is 12.7. The zero-order valence-corrected chi connectivity index (χ0v) is 17.0. The first kappa shape index (κ1) is 19.3. The second-order valence-corrected chi connectivity index (χ2v) is 7.78. The predicted molar refractivity (Wildman–Crippen MR) is 109 cm³/mol. The molecule has 7 nitrogen and oxygen atoms in total. The lowest BCUT2D eigenvalue weighted by Crippen LogP contribution is -2.20. The number of thiophene rings is 1. The van der Waals surface area contributed by atoms with Gasteiger partial charge >= 0.3 is 5.97 Å². The molecule has 4 rings (SSSR count). The van der Waals surface area contributed by atoms with Gasteiger partial charge in [0.2, 0.25) is 0 Å². The SMILES string of the molecule is CCOc1ccc(C(=O)COC(=O)c2sc3nc4n(c(=O)c3c2C)CCC4)cc1. The molecule has 29 heavy (non-hydrogen) atoms. The van der Waals surface area contributed by atoms with E-state index in [1.807, 2.05) is 6.92 Å². The second kappa shape index (κ2) is 7.79. The van der Waals surface area contributed by atoms with Gasteiger partial charge in [0.25, 0.3) is 5.56 Å². The fourth-order valence-electron chi connectivity index (χ4n) is 3.45. The van der Waals surface area contributed by atoms with Gasteiger partial charge in [-0.05, 0) is 50.1 Å². The van der Waals surface area contributed by atoms with Crippen LogP contribution in [0.3, 0.4) is 0 Å². The number of ether oxygens (including phenoxy) is 2. The van der Waals surface area contributed by atoms with Crippen LogP contribution in [-0.4, -0.2) is 34.5 Å². The maximum atomic E-state index is 12.7. The Morgan fingerprint density at radius 1 is 1.24 bits per heavy atom. The molecule has 0 unspecified atom stereocenters. The average Bonchev–Trinajstić information content (AvgIpc) is 3.32. The summed E-state index contributed by atoms with van der Waals surface area (Å²) in [6.45, 7) is 4.42. The van der Waals surface area contributed by atoms with Gasteiger partial charge < -0.3 is 9.47 Å². The zero-order valence-electron chi connectivity index (χ0n) is 16.2. The van der Waals surface area contributed by atoms with E-state index in [1.54, 1.807) is 35.8 Å². The van der Waals surface area contributed by atoms with Gasteiger partial charge in [-0.1, -0.05) is 0 Å². The first-order chi connectivity index (χ1) is 14.0. The fourth-order valence-corrected chi connectivity index (χ4v) is 4.54. The van der Waals surface area contributed by atoms with Crippen molar-refractivity contribution in [3.8, 4) is 5.75 Å². The first-order valence-electron chi connectivity index (χ1n) is 9.45. The quantitative estimate of drug-likeness (QED) is 0.457. The number of hydrogen-bond donors (Lipinski definition) is 0. The Morgan fingerprint density at radius 3 is 2.72 bits per heavy atom. The Kier molecular flexibility index (Phi) is 5.19. The normalized spacial score (nSPS) is 12.8. The van der Waals surface area contributed by atoms with Gasteiger partial charge in [-0.2, -0.15) is 0 Å². The molecule has 0 aliphatic carbocycles. The molecule has 0 saturated heterocycles. The summed E-state index contributed by atoms with van der Waals surface area (Å²) < 4.78 is 12.2. The Hall–Kier alpha value is -3.00. The van der Waals surface area contributed by atoms with E-state index in [1.165, 1.54) is 0 Å². The summed E-state index contributed by atoms with van der Waals surface area (Å²) in [4.78, 5) is 43.0. The van der Waals surface area contributed by atoms with Crippen molar-refractivity contribution in [2.24, 2.45) is 0 Å². The molecule has 2 aromatic heterocycles. The lowest BCUT2D eigenvalue weighted by Gasteiger charge is -2.06. The third kappa shape index (κ3) is 3.55. The Morgan fingerprint density at radius 2 is 2.00 bits per heavy atom. The van der Waals surface area contributed by atoms with Crippen molar-refractivity contribution in [1.82, 2.24) is 9.55 Å². The molecule has 8 heteroatoms. The summed E-state index contributed by atoms with van der Waals surface area (Å²) >= 11 is 1.14. The van der Waals surface area contributed by atoms with Crippen molar-refractivity contribution in [1.29, 1.82) is 0 Å². The van der Waals surface area contributed by atoms with Gasteiger partial charge in [-0.15, -0.1) is 11.3 Å². The molecule has 0 spiro atoms. The molecule has 0 bridgehead atoms. The van der Waals surface area contributed by atoms with Crippen LogP contribution < -0.4 is 10.3 Å². The molecule has 0 saturated carbocycles. The molecule has 1 aromatic carbocycles. The minimum atomic E-state index is -0.616. The number of rotatable bonds is 6. The van der Waals surface area contributed by atoms with Crippen molar-refractivity contribution in [2.45, 2.75) is 33.2 Å². The highest BCUT2D eigenvalue weighted by Gasteiger charge is 2.24. The van der Waals surface area contributed by atoms with Crippen LogP contribution in [-0.2, 0) is 17.7 Å². The highest BCUT2D eigenvalue weighted by molar-refractivity contribution is 7.20. The monoisotopic (exact) mass is 412 g/mol. The number of aryl methyl sites for hydroxylation is 2. The summed E-state index contributed by atoms with van der Waals surface area (Å²) in [6.07, 6.45) is 1.67. The van der Waals surface area contributed by atoms with Crippen LogP contribution in [0.4, 0.5) is 0 Å². The lowest BCUT2D eigenvalue weighted by atomic mass is 10.1. The second-order valence-electron chi connectivity index (χ2n) is 6.78. The van der Waals surface area contributed by atoms with E-state index in [9.17, 15) is 14.4 Å². The van der Waals surface area contributed by atoms with Crippen LogP contribution in [0.25, 0.3) is 10.2 Å². The van der Waals surface area contributed by atoms with E-state index >= 15 is 0 Å². The highest BCUT2D eigenvalue weighted by atomic mass is 32.1. The number of benzene rings is 1. The van der Waals surface area contributed by atoms with Gasteiger partial charge in [0.05, 0.1) is 12.0 Å². The highest BCUT2D eigenvalue weighted by Crippen LogP contribution is 2.29. The molecule has 150 valence electrons. The van der Waals surface area contributed by atoms with Crippen molar-refractivity contribution in [3.63, 3.8) is 0 Å². The van der Waals surface area contributed by atoms with Gasteiger partial charge in [0.1, 0.15) is 21.3 Å². The summed E-state index contributed by atoms with van der Waals surface area (Å²) in [6, 6.07) is 6.68. The summed E-state index contributed by atoms with van der Waals surface area (Å²) in [5.41, 5.74) is 0.884. The van der Waals surface area contributed by atoms with Crippen LogP contribution in [0.1, 0.15) is 44.8 Å². The Balaban J connectivity index is 1.51. The van der Waals surface area contributed by atoms with Crippen LogP contribution in [0.5, 0.6) is 5.75 Å². The van der Waals surface area contributed by atoms with Crippen molar-refractivity contribution < 1.29 is 19.1 Å². The summed E-state index contributed by atoms with van der Waals surface area (Å²) in [5.74, 6) is 0.508. The van der Waals surface area contributed by atoms with E-state index < -0.39 is 5.97 Å². The molecule has 1 aliphatic rings. The number of carbonyl (C=O) groups excluding carboxylic acids is 2. The minimum absolute atomic E-state index is 0.110. The van der Waals surface area contributed by atoms with Crippen LogP contribution in [0.2, 0.25) is 0 Å². The Labute approximate surface area is 170 Å². The van der Waals surface area contributed by atoms with E-state index in [0.29, 0.717) is 45.1 Å². The minimum Gasteiger partial charge on any atom is -0.494 e. The molecule has 1 aliphatic heterocycles. The molecular formula is C21H20N2O5S. The lowest BCUT2D eigenvalue weighted by molar-refractivity contribution is 0.0479. The summed E-state index contributed by atoms with van der Waals surface area (Å²) in [7, 11) is 0. The molecule has 0 fully saturated rings. The fraction of sp³-hybridized carbons (Fsp3) is 0.333. The van der Waals surface area contributed by atoms with Crippen molar-refractivity contribution in [3.05, 3.63) is 56.4 Å². The molecule has 0 N–H and O–H groups in total. The van der Waals surface area contributed by atoms with Crippen molar-refractivity contribution >= 4 is 33.3 Å². The number of fused-ring (bicyclic) bond motifs is 2. The number of esters is 1. The molecule has 0 atom stereocenters. The maximum Gasteiger partial charge on any atom is 0.349 e. The number of Topliss-reactive ketones (excluding diaryl/α,β-unsaturated/α-hetero) is 1. The van der Waals surface area contributed by atoms with Crippen LogP contribution >= 0.6 is 11.3 Å². The van der Waals surface area contributed by atoms with Gasteiger partial charge in [-0.3, -0.25) is 14.2 Å². The van der Waals surface area contributed by atoms with Crippen LogP contribution in [0, 0.1) is 6.92 Å². The van der Waals surface area contributed by atoms with E-state index in [4.69, 9.17) is 9.47 Å². The number of hydrogen-bond acceptors (Lipinski definition) is 7. The van der Waals surface area contributed by atoms with Crippen molar-refractivity contribution in [2.75, 3.05) is 13.2 Å². The number of ketones is 1. The van der Waals surface area contributed by atoms with E-state index in [2.05, 4.69) is 4.98 Å². The van der Waals surface area contributed by atoms with E-state index in [-0.39, 0.29) is 17.9 Å². The van der Waals surface area contributed by atoms with Gasteiger partial charge in [0, 0.05) is 18.5 Å². The predicted octanol–water partition coefficient (Wildman–Crippen LogP) is 3.15. The third-order valence-corrected chi connectivity index (χ3v) is 6.08. The molecule has 3 aromatic rings. The van der Waals surface area contributed by atoms with Crippen LogP contribution in [0.15, 0.2) is 29.1 Å². The third-order valence-electron chi connectivity index (χ3n) is 4.92. The average molecular weight is 412 g/mol. The Bertz CT molecular complexity index is 1160. The number of carbonyl (C=O) groups is 2. The largest absolute Gasteiger partial charge is 0.494 e. The van der Waals surface area contributed by atoms with E-state index in [0.717, 1.165) is 30.0 Å². The molecule has 0 amide bonds. The standard InChI is InChI=1S/C21H20N2O5S/c1-3-27-14-8-6-13(7-9-14)15(24)11-28-21(26)18-12(2)17-19(29-18)22-16-5-4-10-23(16)20(17)25/h6-9H,3-5,10-11H2,1-2H3. The van der Waals surface area contributed by atoms with Gasteiger partial charge in [-0.25, -0.2) is 9.78 Å². The number of aromatic nitrogens is 2. The molecular weight excluding hydrogens is 392 g/mol.